The van der Waals surface area contributed by atoms with E-state index in [1.54, 1.807) is 0 Å². The Labute approximate surface area is 98.3 Å². The molecule has 0 aromatic heterocycles. The number of hydrogen-bond donors (Lipinski definition) is 3. The molecule has 1 aliphatic rings. The van der Waals surface area contributed by atoms with Crippen LogP contribution < -0.4 is 16.4 Å². The second-order valence-electron chi connectivity index (χ2n) is 5.17. The van der Waals surface area contributed by atoms with Gasteiger partial charge >= 0.3 is 6.03 Å². The van der Waals surface area contributed by atoms with Gasteiger partial charge in [-0.2, -0.15) is 0 Å². The summed E-state index contributed by atoms with van der Waals surface area (Å²) in [7, 11) is 0. The number of carbonyl (C=O) groups is 1. The average molecular weight is 227 g/mol. The summed E-state index contributed by atoms with van der Waals surface area (Å²) in [5, 5.41) is 5.86. The van der Waals surface area contributed by atoms with Crippen LogP contribution >= 0.6 is 0 Å². The summed E-state index contributed by atoms with van der Waals surface area (Å²) < 4.78 is 0. The molecule has 0 aliphatic heterocycles. The predicted molar refractivity (Wildman–Crippen MR) is 66.3 cm³/mol. The zero-order valence-electron chi connectivity index (χ0n) is 10.5. The van der Waals surface area contributed by atoms with Crippen LogP contribution in [0, 0.1) is 0 Å². The fraction of sp³-hybridized carbons (Fsp3) is 0.917. The maximum atomic E-state index is 11.6. The highest BCUT2D eigenvalue weighted by Gasteiger charge is 2.19. The number of nitrogens with two attached hydrogens (primary N) is 1. The Hall–Kier alpha value is -0.770. The first-order valence-electron chi connectivity index (χ1n) is 6.37. The van der Waals surface area contributed by atoms with Gasteiger partial charge in [0.2, 0.25) is 0 Å². The minimum absolute atomic E-state index is 0.0722. The highest BCUT2D eigenvalue weighted by atomic mass is 16.2. The van der Waals surface area contributed by atoms with Crippen LogP contribution in [0.1, 0.15) is 52.4 Å². The SMILES string of the molecule is CCC(C)(N)CNC(=O)NC1CCCCC1. The highest BCUT2D eigenvalue weighted by Crippen LogP contribution is 2.17. The van der Waals surface area contributed by atoms with E-state index < -0.39 is 0 Å². The molecule has 0 saturated heterocycles. The van der Waals surface area contributed by atoms with E-state index in [4.69, 9.17) is 5.73 Å². The van der Waals surface area contributed by atoms with Gasteiger partial charge in [-0.05, 0) is 26.2 Å². The van der Waals surface area contributed by atoms with Gasteiger partial charge in [-0.25, -0.2) is 4.79 Å². The van der Waals surface area contributed by atoms with Crippen molar-refractivity contribution in [2.45, 2.75) is 64.0 Å². The third kappa shape index (κ3) is 4.84. The molecule has 0 spiro atoms. The van der Waals surface area contributed by atoms with Crippen molar-refractivity contribution < 1.29 is 4.79 Å². The van der Waals surface area contributed by atoms with E-state index in [1.165, 1.54) is 19.3 Å². The third-order valence-corrected chi connectivity index (χ3v) is 3.40. The summed E-state index contributed by atoms with van der Waals surface area (Å²) in [6.07, 6.45) is 6.85. The zero-order chi connectivity index (χ0) is 12.0. The van der Waals surface area contributed by atoms with Gasteiger partial charge < -0.3 is 16.4 Å². The quantitative estimate of drug-likeness (QED) is 0.685. The van der Waals surface area contributed by atoms with Crippen molar-refractivity contribution in [2.24, 2.45) is 5.73 Å². The normalized spacial score (nSPS) is 21.2. The smallest absolute Gasteiger partial charge is 0.315 e. The van der Waals surface area contributed by atoms with Gasteiger partial charge in [-0.15, -0.1) is 0 Å². The molecular weight excluding hydrogens is 202 g/mol. The van der Waals surface area contributed by atoms with Crippen molar-refractivity contribution in [3.05, 3.63) is 0 Å². The molecule has 1 atom stereocenters. The Kier molecular flexibility index (Phi) is 5.06. The number of nitrogens with one attached hydrogen (secondary N) is 2. The molecule has 1 fully saturated rings. The molecule has 4 N–H and O–H groups in total. The molecule has 0 aromatic rings. The maximum Gasteiger partial charge on any atom is 0.315 e. The van der Waals surface area contributed by atoms with Crippen LogP contribution in [0.15, 0.2) is 0 Å². The van der Waals surface area contributed by atoms with Gasteiger partial charge in [-0.3, -0.25) is 0 Å². The summed E-state index contributed by atoms with van der Waals surface area (Å²) >= 11 is 0. The van der Waals surface area contributed by atoms with Crippen LogP contribution in [0.3, 0.4) is 0 Å². The van der Waals surface area contributed by atoms with Crippen LogP contribution in [0.5, 0.6) is 0 Å². The van der Waals surface area contributed by atoms with Crippen molar-refractivity contribution >= 4 is 6.03 Å². The molecule has 16 heavy (non-hydrogen) atoms. The van der Waals surface area contributed by atoms with E-state index in [9.17, 15) is 4.79 Å². The minimum Gasteiger partial charge on any atom is -0.336 e. The molecule has 0 bridgehead atoms. The first-order chi connectivity index (χ1) is 7.53. The van der Waals surface area contributed by atoms with E-state index >= 15 is 0 Å². The maximum absolute atomic E-state index is 11.6. The molecule has 0 aromatic carbocycles. The summed E-state index contributed by atoms with van der Waals surface area (Å²) in [5.41, 5.74) is 5.65. The summed E-state index contributed by atoms with van der Waals surface area (Å²) in [6.45, 7) is 4.51. The van der Waals surface area contributed by atoms with Crippen molar-refractivity contribution in [3.63, 3.8) is 0 Å². The van der Waals surface area contributed by atoms with Crippen molar-refractivity contribution in [1.29, 1.82) is 0 Å². The largest absolute Gasteiger partial charge is 0.336 e. The zero-order valence-corrected chi connectivity index (χ0v) is 10.5. The first-order valence-corrected chi connectivity index (χ1v) is 6.37. The highest BCUT2D eigenvalue weighted by molar-refractivity contribution is 5.74. The van der Waals surface area contributed by atoms with Crippen molar-refractivity contribution in [1.82, 2.24) is 10.6 Å². The van der Waals surface area contributed by atoms with Crippen molar-refractivity contribution in [2.75, 3.05) is 6.54 Å². The van der Waals surface area contributed by atoms with E-state index in [1.807, 2.05) is 13.8 Å². The summed E-state index contributed by atoms with van der Waals surface area (Å²) in [5.74, 6) is 0. The molecule has 4 heteroatoms. The number of amides is 2. The molecule has 0 heterocycles. The number of urea groups is 1. The van der Waals surface area contributed by atoms with Gasteiger partial charge in [0.15, 0.2) is 0 Å². The molecule has 1 unspecified atom stereocenters. The monoisotopic (exact) mass is 227 g/mol. The Bertz CT molecular complexity index is 222. The molecule has 1 saturated carbocycles. The molecule has 4 nitrogen and oxygen atoms in total. The molecular formula is C12H25N3O. The van der Waals surface area contributed by atoms with Crippen molar-refractivity contribution in [3.8, 4) is 0 Å². The van der Waals surface area contributed by atoms with Crippen LogP contribution in [-0.2, 0) is 0 Å². The van der Waals surface area contributed by atoms with Crippen LogP contribution in [0.2, 0.25) is 0 Å². The fourth-order valence-electron chi connectivity index (χ4n) is 1.89. The van der Waals surface area contributed by atoms with E-state index in [-0.39, 0.29) is 11.6 Å². The predicted octanol–water partition coefficient (Wildman–Crippen LogP) is 1.75. The van der Waals surface area contributed by atoms with Gasteiger partial charge in [0.1, 0.15) is 0 Å². The summed E-state index contributed by atoms with van der Waals surface area (Å²) in [6, 6.07) is 0.288. The Morgan fingerprint density at radius 3 is 2.56 bits per heavy atom. The Morgan fingerprint density at radius 1 is 1.38 bits per heavy atom. The lowest BCUT2D eigenvalue weighted by molar-refractivity contribution is 0.229. The lowest BCUT2D eigenvalue weighted by atomic mass is 9.96. The number of rotatable bonds is 4. The Morgan fingerprint density at radius 2 is 2.00 bits per heavy atom. The fourth-order valence-corrected chi connectivity index (χ4v) is 1.89. The van der Waals surface area contributed by atoms with Gasteiger partial charge in [0.05, 0.1) is 0 Å². The van der Waals surface area contributed by atoms with E-state index in [0.29, 0.717) is 12.6 Å². The van der Waals surface area contributed by atoms with E-state index in [2.05, 4.69) is 10.6 Å². The Balaban J connectivity index is 2.19. The lowest BCUT2D eigenvalue weighted by Gasteiger charge is -2.26. The topological polar surface area (TPSA) is 67.1 Å². The lowest BCUT2D eigenvalue weighted by Crippen LogP contribution is -2.51. The standard InChI is InChI=1S/C12H25N3O/c1-3-12(2,13)9-14-11(16)15-10-7-5-4-6-8-10/h10H,3-9,13H2,1-2H3,(H2,14,15,16). The number of carbonyl (C=O) groups excluding carboxylic acids is 1. The molecule has 94 valence electrons. The molecule has 1 aliphatic carbocycles. The third-order valence-electron chi connectivity index (χ3n) is 3.40. The molecule has 2 amide bonds. The molecule has 1 rings (SSSR count). The second-order valence-corrected chi connectivity index (χ2v) is 5.17. The summed E-state index contributed by atoms with van der Waals surface area (Å²) in [4.78, 5) is 11.6. The van der Waals surface area contributed by atoms with Gasteiger partial charge in [0, 0.05) is 18.1 Å². The molecule has 0 radical (unpaired) electrons. The first kappa shape index (κ1) is 13.3. The van der Waals surface area contributed by atoms with Crippen LogP contribution in [-0.4, -0.2) is 24.2 Å². The minimum atomic E-state index is -0.302. The van der Waals surface area contributed by atoms with Gasteiger partial charge in [-0.1, -0.05) is 26.2 Å². The van der Waals surface area contributed by atoms with E-state index in [0.717, 1.165) is 19.3 Å². The number of hydrogen-bond acceptors (Lipinski definition) is 2. The second kappa shape index (κ2) is 6.09. The van der Waals surface area contributed by atoms with Crippen LogP contribution in [0.25, 0.3) is 0 Å². The van der Waals surface area contributed by atoms with Crippen LogP contribution in [0.4, 0.5) is 4.79 Å². The van der Waals surface area contributed by atoms with Gasteiger partial charge in [0.25, 0.3) is 0 Å². The average Bonchev–Trinajstić information content (AvgIpc) is 2.28.